The quantitative estimate of drug-likeness (QED) is 0.338. The van der Waals surface area contributed by atoms with Crippen LogP contribution in [0.3, 0.4) is 0 Å². The van der Waals surface area contributed by atoms with E-state index >= 15 is 0 Å². The Bertz CT molecular complexity index is 1240. The number of aliphatic hydroxyl groups is 1. The lowest BCUT2D eigenvalue weighted by Crippen LogP contribution is -2.50. The van der Waals surface area contributed by atoms with Gasteiger partial charge in [-0.3, -0.25) is 19.3 Å². The first kappa shape index (κ1) is 26.2. The second-order valence-corrected chi connectivity index (χ2v) is 11.2. The summed E-state index contributed by atoms with van der Waals surface area (Å²) in [4.78, 5) is 31.4. The molecular weight excluding hydrogens is 480 g/mol. The van der Waals surface area contributed by atoms with Gasteiger partial charge in [-0.25, -0.2) is 0 Å². The summed E-state index contributed by atoms with van der Waals surface area (Å²) in [5, 5.41) is 21.0. The van der Waals surface area contributed by atoms with Crippen LogP contribution in [0.2, 0.25) is 0 Å². The number of aromatic nitrogens is 2. The molecule has 202 valence electrons. The van der Waals surface area contributed by atoms with Gasteiger partial charge in [0.25, 0.3) is 5.91 Å². The maximum atomic E-state index is 13.7. The normalized spacial score (nSPS) is 19.9. The molecule has 38 heavy (non-hydrogen) atoms. The average molecular weight is 519 g/mol. The summed E-state index contributed by atoms with van der Waals surface area (Å²) in [7, 11) is 1.68. The highest BCUT2D eigenvalue weighted by Gasteiger charge is 2.48. The standard InChI is InChI=1S/C29H38N6O3/c1-17(2)35-23(12-15-32-35)27(36)34-26(24(18-4-5-18)19-6-7-19)28(37)33-21-10-8-20(9-11-21)25(31-3)22(16-30)29(38)13-14-29/h8-12,15-19,24,26,38H,4-7,13-14,30H2,1-3H3,(H,33,37)(H,34,36)/b22-16+,31-25?. The summed E-state index contributed by atoms with van der Waals surface area (Å²) in [6.07, 6.45) is 8.77. The molecule has 0 saturated heterocycles. The molecule has 1 atom stereocenters. The lowest BCUT2D eigenvalue weighted by molar-refractivity contribution is -0.119. The van der Waals surface area contributed by atoms with Gasteiger partial charge in [-0.05, 0) is 88.3 Å². The number of nitrogens with zero attached hydrogens (tertiary/aromatic N) is 3. The topological polar surface area (TPSA) is 135 Å². The summed E-state index contributed by atoms with van der Waals surface area (Å²) in [6, 6.07) is 8.47. The first-order chi connectivity index (χ1) is 18.3. The monoisotopic (exact) mass is 518 g/mol. The zero-order valence-electron chi connectivity index (χ0n) is 22.4. The van der Waals surface area contributed by atoms with E-state index in [-0.39, 0.29) is 23.8 Å². The second kappa shape index (κ2) is 10.4. The van der Waals surface area contributed by atoms with Crippen molar-refractivity contribution in [2.45, 2.75) is 70.1 Å². The molecule has 1 aromatic heterocycles. The molecule has 2 amide bonds. The number of nitrogens with two attached hydrogens (primary N) is 1. The molecule has 9 heteroatoms. The van der Waals surface area contributed by atoms with Crippen molar-refractivity contribution in [1.82, 2.24) is 15.1 Å². The summed E-state index contributed by atoms with van der Waals surface area (Å²) in [5.74, 6) is 0.581. The summed E-state index contributed by atoms with van der Waals surface area (Å²) in [5.41, 5.74) is 8.08. The Labute approximate surface area is 223 Å². The van der Waals surface area contributed by atoms with E-state index in [1.54, 1.807) is 24.0 Å². The van der Waals surface area contributed by atoms with Gasteiger partial charge in [0.1, 0.15) is 11.7 Å². The van der Waals surface area contributed by atoms with Gasteiger partial charge in [-0.15, -0.1) is 0 Å². The zero-order valence-corrected chi connectivity index (χ0v) is 22.4. The molecule has 5 N–H and O–H groups in total. The van der Waals surface area contributed by atoms with Gasteiger partial charge >= 0.3 is 0 Å². The van der Waals surface area contributed by atoms with Crippen LogP contribution in [0.1, 0.15) is 74.5 Å². The minimum absolute atomic E-state index is 0.0333. The molecule has 3 aliphatic carbocycles. The summed E-state index contributed by atoms with van der Waals surface area (Å²) in [6.45, 7) is 3.95. The van der Waals surface area contributed by atoms with Crippen LogP contribution in [0.4, 0.5) is 5.69 Å². The molecule has 0 radical (unpaired) electrons. The number of nitrogens with one attached hydrogen (secondary N) is 2. The zero-order chi connectivity index (χ0) is 27.0. The SMILES string of the molecule is CN=C(/C(=C\N)C1(O)CC1)c1ccc(NC(=O)C(NC(=O)c2ccnn2C(C)C)C(C2CC2)C2CC2)cc1. The van der Waals surface area contributed by atoms with Gasteiger partial charge < -0.3 is 21.5 Å². The number of rotatable bonds is 11. The van der Waals surface area contributed by atoms with Gasteiger partial charge in [0.2, 0.25) is 5.91 Å². The van der Waals surface area contributed by atoms with Crippen LogP contribution in [-0.2, 0) is 4.79 Å². The first-order valence-corrected chi connectivity index (χ1v) is 13.6. The number of anilines is 1. The van der Waals surface area contributed by atoms with Crippen LogP contribution in [0.15, 0.2) is 53.3 Å². The molecule has 5 rings (SSSR count). The predicted molar refractivity (Wildman–Crippen MR) is 147 cm³/mol. The number of amides is 2. The van der Waals surface area contributed by atoms with E-state index in [9.17, 15) is 14.7 Å². The van der Waals surface area contributed by atoms with Crippen LogP contribution >= 0.6 is 0 Å². The van der Waals surface area contributed by atoms with Gasteiger partial charge in [-0.2, -0.15) is 5.10 Å². The van der Waals surface area contributed by atoms with Crippen LogP contribution < -0.4 is 16.4 Å². The molecule has 0 spiro atoms. The van der Waals surface area contributed by atoms with Crippen LogP contribution in [0, 0.1) is 17.8 Å². The van der Waals surface area contributed by atoms with Crippen molar-refractivity contribution in [3.8, 4) is 0 Å². The predicted octanol–water partition coefficient (Wildman–Crippen LogP) is 3.42. The Hall–Kier alpha value is -3.46. The third kappa shape index (κ3) is 5.38. The average Bonchev–Trinajstić information content (AvgIpc) is 3.82. The van der Waals surface area contributed by atoms with Crippen molar-refractivity contribution in [1.29, 1.82) is 0 Å². The number of hydrogen-bond acceptors (Lipinski definition) is 6. The smallest absolute Gasteiger partial charge is 0.270 e. The van der Waals surface area contributed by atoms with E-state index in [1.807, 2.05) is 38.1 Å². The van der Waals surface area contributed by atoms with Crippen molar-refractivity contribution in [2.75, 3.05) is 12.4 Å². The Balaban J connectivity index is 1.34. The lowest BCUT2D eigenvalue weighted by atomic mass is 9.88. The summed E-state index contributed by atoms with van der Waals surface area (Å²) >= 11 is 0. The molecule has 1 unspecified atom stereocenters. The number of aliphatic imine (C=N–C) groups is 1. The molecule has 1 heterocycles. The molecular formula is C29H38N6O3. The molecule has 3 fully saturated rings. The maximum absolute atomic E-state index is 13.7. The van der Waals surface area contributed by atoms with Crippen LogP contribution in [0.25, 0.3) is 0 Å². The fraction of sp³-hybridized carbons (Fsp3) is 0.517. The number of carbonyl (C=O) groups is 2. The van der Waals surface area contributed by atoms with Crippen molar-refractivity contribution >= 4 is 23.2 Å². The highest BCUT2D eigenvalue weighted by Crippen LogP contribution is 2.51. The Morgan fingerprint density at radius 2 is 1.76 bits per heavy atom. The third-order valence-corrected chi connectivity index (χ3v) is 7.97. The fourth-order valence-electron chi connectivity index (χ4n) is 5.53. The van der Waals surface area contributed by atoms with Crippen molar-refractivity contribution in [3.05, 3.63) is 59.6 Å². The van der Waals surface area contributed by atoms with E-state index in [4.69, 9.17) is 5.73 Å². The second-order valence-electron chi connectivity index (χ2n) is 11.2. The van der Waals surface area contributed by atoms with Crippen LogP contribution in [0.5, 0.6) is 0 Å². The van der Waals surface area contributed by atoms with E-state index in [2.05, 4.69) is 20.7 Å². The molecule has 2 aromatic rings. The minimum atomic E-state index is -0.909. The Kier molecular flexibility index (Phi) is 7.13. The van der Waals surface area contributed by atoms with Crippen molar-refractivity contribution in [3.63, 3.8) is 0 Å². The maximum Gasteiger partial charge on any atom is 0.270 e. The van der Waals surface area contributed by atoms with Crippen molar-refractivity contribution in [2.24, 2.45) is 28.5 Å². The fourth-order valence-corrected chi connectivity index (χ4v) is 5.53. The lowest BCUT2D eigenvalue weighted by Gasteiger charge is -2.28. The Morgan fingerprint density at radius 1 is 1.13 bits per heavy atom. The van der Waals surface area contributed by atoms with E-state index in [0.29, 0.717) is 47.3 Å². The number of benzene rings is 1. The molecule has 1 aromatic carbocycles. The molecule has 0 aliphatic heterocycles. The molecule has 3 saturated carbocycles. The van der Waals surface area contributed by atoms with E-state index < -0.39 is 11.6 Å². The van der Waals surface area contributed by atoms with E-state index in [0.717, 1.165) is 31.2 Å². The number of carbonyl (C=O) groups excluding carboxylic acids is 2. The molecule has 3 aliphatic rings. The minimum Gasteiger partial charge on any atom is -0.404 e. The van der Waals surface area contributed by atoms with Gasteiger partial charge in [0, 0.05) is 42.3 Å². The van der Waals surface area contributed by atoms with Gasteiger partial charge in [-0.1, -0.05) is 12.1 Å². The van der Waals surface area contributed by atoms with Crippen molar-refractivity contribution < 1.29 is 14.7 Å². The molecule has 0 bridgehead atoms. The van der Waals surface area contributed by atoms with Crippen LogP contribution in [-0.4, -0.2) is 51.1 Å². The summed E-state index contributed by atoms with van der Waals surface area (Å²) < 4.78 is 1.68. The number of hydrogen-bond donors (Lipinski definition) is 4. The molecule has 9 nitrogen and oxygen atoms in total. The van der Waals surface area contributed by atoms with E-state index in [1.165, 1.54) is 6.20 Å². The largest absolute Gasteiger partial charge is 0.404 e. The third-order valence-electron chi connectivity index (χ3n) is 7.97. The van der Waals surface area contributed by atoms with Gasteiger partial charge in [0.15, 0.2) is 0 Å². The first-order valence-electron chi connectivity index (χ1n) is 13.6. The van der Waals surface area contributed by atoms with Gasteiger partial charge in [0.05, 0.1) is 11.3 Å². The highest BCUT2D eigenvalue weighted by molar-refractivity contribution is 6.14. The highest BCUT2D eigenvalue weighted by atomic mass is 16.3. The Morgan fingerprint density at radius 3 is 2.26 bits per heavy atom.